The number of β-lactam (4-membered cyclic amide) rings is 1. The molecule has 21 heavy (non-hydrogen) atoms. The van der Waals surface area contributed by atoms with Gasteiger partial charge in [0.15, 0.2) is 0 Å². The zero-order valence-electron chi connectivity index (χ0n) is 11.6. The molecule has 108 valence electrons. The van der Waals surface area contributed by atoms with Gasteiger partial charge in [-0.15, -0.1) is 6.58 Å². The highest BCUT2D eigenvalue weighted by atomic mass is 16.5. The minimum Gasteiger partial charge on any atom is -0.478 e. The van der Waals surface area contributed by atoms with Crippen LogP contribution in [0.4, 0.5) is 0 Å². The van der Waals surface area contributed by atoms with Gasteiger partial charge in [-0.3, -0.25) is 4.79 Å². The molecule has 0 radical (unpaired) electrons. The number of benzene rings is 1. The second kappa shape index (κ2) is 4.46. The molecule has 2 bridgehead atoms. The number of hydrogen-bond donors (Lipinski definition) is 0. The van der Waals surface area contributed by atoms with E-state index in [1.165, 1.54) is 0 Å². The summed E-state index contributed by atoms with van der Waals surface area (Å²) in [5, 5.41) is 0. The van der Waals surface area contributed by atoms with Crippen molar-refractivity contribution in [3.63, 3.8) is 0 Å². The molecule has 4 heteroatoms. The average Bonchev–Trinajstić information content (AvgIpc) is 3.13. The van der Waals surface area contributed by atoms with E-state index in [0.29, 0.717) is 6.54 Å². The fraction of sp³-hybridized carbons (Fsp3) is 0.353. The molecule has 4 nitrogen and oxygen atoms in total. The first-order valence-electron chi connectivity index (χ1n) is 7.23. The van der Waals surface area contributed by atoms with E-state index in [4.69, 9.17) is 9.47 Å². The number of ether oxygens (including phenoxy) is 2. The highest BCUT2D eigenvalue weighted by Crippen LogP contribution is 2.50. The van der Waals surface area contributed by atoms with Gasteiger partial charge < -0.3 is 14.4 Å². The second-order valence-corrected chi connectivity index (χ2v) is 5.72. The first kappa shape index (κ1) is 12.7. The van der Waals surface area contributed by atoms with Crippen LogP contribution in [0.2, 0.25) is 0 Å². The lowest BCUT2D eigenvalue weighted by atomic mass is 9.72. The lowest BCUT2D eigenvalue weighted by Crippen LogP contribution is -2.79. The van der Waals surface area contributed by atoms with Crippen LogP contribution in [0.1, 0.15) is 6.42 Å². The molecule has 3 heterocycles. The molecule has 1 spiro atoms. The number of para-hydroxylation sites is 1. The van der Waals surface area contributed by atoms with Crippen molar-refractivity contribution < 1.29 is 14.3 Å². The van der Waals surface area contributed by atoms with Crippen LogP contribution in [0.15, 0.2) is 55.1 Å². The number of fused-ring (bicyclic) bond motifs is 3. The van der Waals surface area contributed by atoms with E-state index in [0.717, 1.165) is 12.2 Å². The first-order valence-corrected chi connectivity index (χ1v) is 7.23. The highest BCUT2D eigenvalue weighted by Gasteiger charge is 2.70. The summed E-state index contributed by atoms with van der Waals surface area (Å²) in [5.74, 6) is 0.739. The van der Waals surface area contributed by atoms with Crippen molar-refractivity contribution in [2.24, 2.45) is 0 Å². The number of carbonyl (C=O) groups excluding carboxylic acids is 1. The quantitative estimate of drug-likeness (QED) is 0.626. The van der Waals surface area contributed by atoms with Crippen molar-refractivity contribution in [2.45, 2.75) is 30.3 Å². The summed E-state index contributed by atoms with van der Waals surface area (Å²) in [4.78, 5) is 14.3. The van der Waals surface area contributed by atoms with E-state index in [1.807, 2.05) is 35.2 Å². The third-order valence-corrected chi connectivity index (χ3v) is 4.60. The van der Waals surface area contributed by atoms with Crippen LogP contribution in [0, 0.1) is 0 Å². The summed E-state index contributed by atoms with van der Waals surface area (Å²) in [6, 6.07) is 9.49. The van der Waals surface area contributed by atoms with Gasteiger partial charge in [0.25, 0.3) is 5.91 Å². The zero-order valence-corrected chi connectivity index (χ0v) is 11.6. The molecule has 0 aromatic heterocycles. The van der Waals surface area contributed by atoms with E-state index < -0.39 is 6.10 Å². The van der Waals surface area contributed by atoms with Crippen LogP contribution in [0.3, 0.4) is 0 Å². The lowest BCUT2D eigenvalue weighted by molar-refractivity contribution is -0.184. The van der Waals surface area contributed by atoms with Crippen LogP contribution in [0.5, 0.6) is 5.75 Å². The van der Waals surface area contributed by atoms with Gasteiger partial charge >= 0.3 is 0 Å². The summed E-state index contributed by atoms with van der Waals surface area (Å²) in [6.45, 7) is 4.28. The standard InChI is InChI=1S/C17H17NO3/c1-2-10-18-16(19)15(21-12-6-4-3-5-7-12)17(18)11-13-8-9-14(17)20-13/h2-9,13-15H,1,10-11H2/t13-,14+,15-,17-/m1/s1. The van der Waals surface area contributed by atoms with E-state index >= 15 is 0 Å². The smallest absolute Gasteiger partial charge is 0.267 e. The van der Waals surface area contributed by atoms with Gasteiger partial charge in [0.05, 0.1) is 6.10 Å². The molecule has 0 N–H and O–H groups in total. The maximum absolute atomic E-state index is 12.5. The summed E-state index contributed by atoms with van der Waals surface area (Å²) in [5.41, 5.74) is -0.374. The summed E-state index contributed by atoms with van der Waals surface area (Å²) in [7, 11) is 0. The van der Waals surface area contributed by atoms with Gasteiger partial charge in [-0.1, -0.05) is 36.4 Å². The first-order chi connectivity index (χ1) is 10.3. The summed E-state index contributed by atoms with van der Waals surface area (Å²) in [6.07, 6.45) is 6.23. The van der Waals surface area contributed by atoms with Crippen molar-refractivity contribution in [1.82, 2.24) is 4.90 Å². The van der Waals surface area contributed by atoms with Crippen LogP contribution < -0.4 is 4.74 Å². The van der Waals surface area contributed by atoms with Crippen molar-refractivity contribution >= 4 is 5.91 Å². The predicted molar refractivity (Wildman–Crippen MR) is 77.9 cm³/mol. The number of carbonyl (C=O) groups is 1. The Labute approximate surface area is 123 Å². The van der Waals surface area contributed by atoms with Crippen LogP contribution in [0.25, 0.3) is 0 Å². The number of amides is 1. The highest BCUT2D eigenvalue weighted by molar-refractivity contribution is 5.92. The van der Waals surface area contributed by atoms with Crippen molar-refractivity contribution in [3.05, 3.63) is 55.1 Å². The Morgan fingerprint density at radius 2 is 2.19 bits per heavy atom. The Hall–Kier alpha value is -2.07. The molecule has 3 aliphatic heterocycles. The normalized spacial score (nSPS) is 36.1. The van der Waals surface area contributed by atoms with Crippen molar-refractivity contribution in [1.29, 1.82) is 0 Å². The largest absolute Gasteiger partial charge is 0.478 e. The molecule has 0 saturated carbocycles. The molecule has 1 aromatic carbocycles. The maximum Gasteiger partial charge on any atom is 0.267 e. The maximum atomic E-state index is 12.5. The second-order valence-electron chi connectivity index (χ2n) is 5.72. The van der Waals surface area contributed by atoms with Gasteiger partial charge in [0.1, 0.15) is 17.4 Å². The molecule has 2 fully saturated rings. The molecule has 3 aliphatic rings. The fourth-order valence-electron chi connectivity index (χ4n) is 3.68. The molecule has 1 aromatic rings. The van der Waals surface area contributed by atoms with Crippen LogP contribution in [-0.2, 0) is 9.53 Å². The molecule has 0 aliphatic carbocycles. The average molecular weight is 283 g/mol. The van der Waals surface area contributed by atoms with Crippen molar-refractivity contribution in [3.8, 4) is 5.75 Å². The molecule has 0 unspecified atom stereocenters. The Bertz CT molecular complexity index is 612. The van der Waals surface area contributed by atoms with Gasteiger partial charge in [-0.2, -0.15) is 0 Å². The van der Waals surface area contributed by atoms with Crippen LogP contribution >= 0.6 is 0 Å². The Morgan fingerprint density at radius 3 is 2.81 bits per heavy atom. The Morgan fingerprint density at radius 1 is 1.38 bits per heavy atom. The van der Waals surface area contributed by atoms with Crippen LogP contribution in [-0.4, -0.2) is 41.2 Å². The number of hydrogen-bond acceptors (Lipinski definition) is 3. The fourth-order valence-corrected chi connectivity index (χ4v) is 3.68. The monoisotopic (exact) mass is 283 g/mol. The Balaban J connectivity index is 1.65. The van der Waals surface area contributed by atoms with Gasteiger partial charge in [0, 0.05) is 13.0 Å². The third-order valence-electron chi connectivity index (χ3n) is 4.60. The Kier molecular flexibility index (Phi) is 2.69. The van der Waals surface area contributed by atoms with Crippen molar-refractivity contribution in [2.75, 3.05) is 6.54 Å². The number of likely N-dealkylation sites (tertiary alicyclic amines) is 1. The minimum absolute atomic E-state index is 0.0169. The third kappa shape index (κ3) is 1.62. The van der Waals surface area contributed by atoms with E-state index in [-0.39, 0.29) is 23.7 Å². The molecular formula is C17H17NO3. The van der Waals surface area contributed by atoms with Gasteiger partial charge in [0.2, 0.25) is 6.10 Å². The molecule has 1 amide bonds. The topological polar surface area (TPSA) is 38.8 Å². The molecular weight excluding hydrogens is 266 g/mol. The van der Waals surface area contributed by atoms with E-state index in [9.17, 15) is 4.79 Å². The summed E-state index contributed by atoms with van der Waals surface area (Å²) < 4.78 is 11.9. The SMILES string of the molecule is C=CCN1C(=O)[C@@H](Oc2ccccc2)[C@]12C[C@H]1C=C[C@@H]2O1. The van der Waals surface area contributed by atoms with E-state index in [2.05, 4.69) is 18.7 Å². The zero-order chi connectivity index (χ0) is 14.4. The predicted octanol–water partition coefficient (Wildman–Crippen LogP) is 1.93. The molecule has 4 atom stereocenters. The van der Waals surface area contributed by atoms with Gasteiger partial charge in [-0.25, -0.2) is 0 Å². The molecule has 2 saturated heterocycles. The number of nitrogens with zero attached hydrogens (tertiary/aromatic N) is 1. The van der Waals surface area contributed by atoms with Gasteiger partial charge in [-0.05, 0) is 12.1 Å². The van der Waals surface area contributed by atoms with E-state index in [1.54, 1.807) is 6.08 Å². The minimum atomic E-state index is -0.472. The lowest BCUT2D eigenvalue weighted by Gasteiger charge is -2.56. The molecule has 4 rings (SSSR count). The number of rotatable bonds is 4. The summed E-state index contributed by atoms with van der Waals surface area (Å²) >= 11 is 0.